The van der Waals surface area contributed by atoms with E-state index in [1.54, 1.807) is 0 Å². The molecule has 0 radical (unpaired) electrons. The quantitative estimate of drug-likeness (QED) is 0.774. The molecule has 0 aliphatic carbocycles. The first-order chi connectivity index (χ1) is 12.8. The fourth-order valence-electron chi connectivity index (χ4n) is 4.26. The number of carbonyl (C=O) groups is 1. The topological polar surface area (TPSA) is 57.7 Å². The van der Waals surface area contributed by atoms with Crippen LogP contribution in [0.15, 0.2) is 24.3 Å². The lowest BCUT2D eigenvalue weighted by Crippen LogP contribution is -2.46. The Morgan fingerprint density at radius 1 is 1.00 bits per heavy atom. The molecule has 0 unspecified atom stereocenters. The molecule has 2 aliphatic heterocycles. The Morgan fingerprint density at radius 2 is 1.59 bits per heavy atom. The molecular formula is C21H32N2O3S. The average molecular weight is 393 g/mol. The van der Waals surface area contributed by atoms with Crippen molar-refractivity contribution >= 4 is 15.9 Å². The maximum absolute atomic E-state index is 12.8. The van der Waals surface area contributed by atoms with Crippen molar-refractivity contribution in [2.24, 2.45) is 11.8 Å². The fourth-order valence-corrected chi connectivity index (χ4v) is 5.13. The number of rotatable bonds is 5. The van der Waals surface area contributed by atoms with Crippen LogP contribution >= 0.6 is 0 Å². The number of aryl methyl sites for hydroxylation is 2. The van der Waals surface area contributed by atoms with Crippen LogP contribution in [0.2, 0.25) is 0 Å². The van der Waals surface area contributed by atoms with Gasteiger partial charge in [0.2, 0.25) is 15.9 Å². The molecule has 2 saturated heterocycles. The third-order valence-corrected chi connectivity index (χ3v) is 7.46. The Balaban J connectivity index is 1.41. The third kappa shape index (κ3) is 5.55. The molecule has 0 atom stereocenters. The van der Waals surface area contributed by atoms with Gasteiger partial charge in [-0.1, -0.05) is 29.8 Å². The number of likely N-dealkylation sites (tertiary alicyclic amines) is 1. The van der Waals surface area contributed by atoms with Crippen LogP contribution in [-0.2, 0) is 21.2 Å². The van der Waals surface area contributed by atoms with Crippen LogP contribution in [0.5, 0.6) is 0 Å². The summed E-state index contributed by atoms with van der Waals surface area (Å²) >= 11 is 0. The van der Waals surface area contributed by atoms with Crippen LogP contribution in [0.4, 0.5) is 0 Å². The zero-order valence-electron chi connectivity index (χ0n) is 16.6. The minimum Gasteiger partial charge on any atom is -0.342 e. The van der Waals surface area contributed by atoms with E-state index >= 15 is 0 Å². The van der Waals surface area contributed by atoms with E-state index in [-0.39, 0.29) is 11.8 Å². The highest BCUT2D eigenvalue weighted by Gasteiger charge is 2.32. The van der Waals surface area contributed by atoms with Gasteiger partial charge in [0.15, 0.2) is 0 Å². The number of carbonyl (C=O) groups excluding carboxylic acids is 1. The molecule has 27 heavy (non-hydrogen) atoms. The molecule has 1 amide bonds. The summed E-state index contributed by atoms with van der Waals surface area (Å²) in [5, 5.41) is 0. The molecule has 1 aromatic carbocycles. The fraction of sp³-hybridized carbons (Fsp3) is 0.667. The van der Waals surface area contributed by atoms with Gasteiger partial charge < -0.3 is 4.90 Å². The summed E-state index contributed by atoms with van der Waals surface area (Å²) in [6.45, 7) is 4.76. The van der Waals surface area contributed by atoms with Gasteiger partial charge in [-0.05, 0) is 56.9 Å². The predicted octanol–water partition coefficient (Wildman–Crippen LogP) is 2.84. The first-order valence-electron chi connectivity index (χ1n) is 10.1. The van der Waals surface area contributed by atoms with Crippen LogP contribution in [0.25, 0.3) is 0 Å². The van der Waals surface area contributed by atoms with Gasteiger partial charge in [-0.3, -0.25) is 4.79 Å². The SMILES string of the molecule is Cc1ccc(CCC2CCN(C(=O)C3CCN(S(C)(=O)=O)CC3)CC2)cc1. The molecule has 0 spiro atoms. The van der Waals surface area contributed by atoms with E-state index in [0.29, 0.717) is 31.8 Å². The van der Waals surface area contributed by atoms with E-state index in [9.17, 15) is 13.2 Å². The van der Waals surface area contributed by atoms with Crippen molar-refractivity contribution in [1.82, 2.24) is 9.21 Å². The summed E-state index contributed by atoms with van der Waals surface area (Å²) in [5.74, 6) is 0.926. The van der Waals surface area contributed by atoms with E-state index in [4.69, 9.17) is 0 Å². The van der Waals surface area contributed by atoms with Crippen molar-refractivity contribution < 1.29 is 13.2 Å². The highest BCUT2D eigenvalue weighted by Crippen LogP contribution is 2.26. The maximum Gasteiger partial charge on any atom is 0.225 e. The highest BCUT2D eigenvalue weighted by atomic mass is 32.2. The number of amides is 1. The minimum absolute atomic E-state index is 0.00731. The Bertz CT molecular complexity index is 729. The normalized spacial score (nSPS) is 20.7. The van der Waals surface area contributed by atoms with Crippen LogP contribution in [0.3, 0.4) is 0 Å². The first-order valence-corrected chi connectivity index (χ1v) is 12.0. The molecule has 6 heteroatoms. The lowest BCUT2D eigenvalue weighted by Gasteiger charge is -2.36. The Labute approximate surface area is 163 Å². The second-order valence-electron chi connectivity index (χ2n) is 8.23. The van der Waals surface area contributed by atoms with Gasteiger partial charge in [0.25, 0.3) is 0 Å². The van der Waals surface area contributed by atoms with Crippen molar-refractivity contribution in [2.45, 2.75) is 45.4 Å². The van der Waals surface area contributed by atoms with Crippen LogP contribution in [0, 0.1) is 18.8 Å². The van der Waals surface area contributed by atoms with Gasteiger partial charge in [0, 0.05) is 32.1 Å². The molecular weight excluding hydrogens is 360 g/mol. The summed E-state index contributed by atoms with van der Waals surface area (Å²) in [4.78, 5) is 14.8. The van der Waals surface area contributed by atoms with Crippen molar-refractivity contribution in [3.63, 3.8) is 0 Å². The molecule has 150 valence electrons. The molecule has 2 aliphatic rings. The summed E-state index contributed by atoms with van der Waals surface area (Å²) in [6, 6.07) is 8.78. The lowest BCUT2D eigenvalue weighted by atomic mass is 9.89. The number of sulfonamides is 1. The largest absolute Gasteiger partial charge is 0.342 e. The monoisotopic (exact) mass is 392 g/mol. The standard InChI is InChI=1S/C21H32N2O3S/c1-17-3-5-18(6-4-17)7-8-19-9-13-22(14-10-19)21(24)20-11-15-23(16-12-20)27(2,25)26/h3-6,19-20H,7-16H2,1-2H3. The Kier molecular flexibility index (Phi) is 6.58. The molecule has 0 bridgehead atoms. The maximum atomic E-state index is 12.8. The third-order valence-electron chi connectivity index (χ3n) is 6.16. The van der Waals surface area contributed by atoms with Crippen molar-refractivity contribution in [1.29, 1.82) is 0 Å². The van der Waals surface area contributed by atoms with E-state index in [0.717, 1.165) is 32.4 Å². The van der Waals surface area contributed by atoms with Gasteiger partial charge >= 0.3 is 0 Å². The average Bonchev–Trinajstić information content (AvgIpc) is 2.67. The molecule has 1 aromatic rings. The van der Waals surface area contributed by atoms with Gasteiger partial charge in [0.1, 0.15) is 0 Å². The van der Waals surface area contributed by atoms with Crippen molar-refractivity contribution in [3.05, 3.63) is 35.4 Å². The smallest absolute Gasteiger partial charge is 0.225 e. The Hall–Kier alpha value is -1.40. The molecule has 3 rings (SSSR count). The van der Waals surface area contributed by atoms with Crippen molar-refractivity contribution in [2.75, 3.05) is 32.4 Å². The van der Waals surface area contributed by atoms with E-state index in [1.165, 1.54) is 28.1 Å². The van der Waals surface area contributed by atoms with Gasteiger partial charge in [-0.15, -0.1) is 0 Å². The second kappa shape index (κ2) is 8.74. The number of hydrogen-bond acceptors (Lipinski definition) is 3. The number of piperidine rings is 2. The summed E-state index contributed by atoms with van der Waals surface area (Å²) in [5.41, 5.74) is 2.70. The van der Waals surface area contributed by atoms with E-state index in [1.807, 2.05) is 4.90 Å². The number of hydrogen-bond donors (Lipinski definition) is 0. The van der Waals surface area contributed by atoms with Crippen LogP contribution in [-0.4, -0.2) is 56.0 Å². The number of nitrogens with zero attached hydrogens (tertiary/aromatic N) is 2. The summed E-state index contributed by atoms with van der Waals surface area (Å²) in [7, 11) is -3.13. The first kappa shape index (κ1) is 20.3. The van der Waals surface area contributed by atoms with Gasteiger partial charge in [0.05, 0.1) is 6.26 Å². The summed E-state index contributed by atoms with van der Waals surface area (Å²) < 4.78 is 24.7. The zero-order valence-corrected chi connectivity index (χ0v) is 17.4. The molecule has 0 N–H and O–H groups in total. The van der Waals surface area contributed by atoms with E-state index < -0.39 is 10.0 Å². The predicted molar refractivity (Wildman–Crippen MR) is 108 cm³/mol. The summed E-state index contributed by atoms with van der Waals surface area (Å²) in [6.07, 6.45) is 7.02. The van der Waals surface area contributed by atoms with Crippen LogP contribution in [0.1, 0.15) is 43.2 Å². The zero-order chi connectivity index (χ0) is 19.4. The molecule has 0 saturated carbocycles. The number of benzene rings is 1. The van der Waals surface area contributed by atoms with Gasteiger partial charge in [-0.2, -0.15) is 0 Å². The van der Waals surface area contributed by atoms with Crippen molar-refractivity contribution in [3.8, 4) is 0 Å². The molecule has 5 nitrogen and oxygen atoms in total. The van der Waals surface area contributed by atoms with Gasteiger partial charge in [-0.25, -0.2) is 12.7 Å². The Morgan fingerprint density at radius 3 is 2.15 bits per heavy atom. The molecule has 0 aromatic heterocycles. The highest BCUT2D eigenvalue weighted by molar-refractivity contribution is 7.88. The lowest BCUT2D eigenvalue weighted by molar-refractivity contribution is -0.138. The molecule has 2 heterocycles. The van der Waals surface area contributed by atoms with E-state index in [2.05, 4.69) is 31.2 Å². The second-order valence-corrected chi connectivity index (χ2v) is 10.2. The molecule has 2 fully saturated rings. The minimum atomic E-state index is -3.13. The van der Waals surface area contributed by atoms with Crippen LogP contribution < -0.4 is 0 Å².